The maximum absolute atomic E-state index is 12.0. The fourth-order valence-electron chi connectivity index (χ4n) is 2.04. The molecule has 5 nitrogen and oxygen atoms in total. The molecule has 1 aromatic heterocycles. The second-order valence-electron chi connectivity index (χ2n) is 4.74. The summed E-state index contributed by atoms with van der Waals surface area (Å²) in [5.74, 6) is -0.131. The third-order valence-corrected chi connectivity index (χ3v) is 2.91. The minimum Gasteiger partial charge on any atom is -0.350 e. The summed E-state index contributed by atoms with van der Waals surface area (Å²) in [5.41, 5.74) is 2.62. The van der Waals surface area contributed by atoms with E-state index in [2.05, 4.69) is 10.3 Å². The van der Waals surface area contributed by atoms with Crippen LogP contribution in [-0.2, 0) is 6.54 Å². The van der Waals surface area contributed by atoms with Gasteiger partial charge in [-0.1, -0.05) is 17.2 Å². The summed E-state index contributed by atoms with van der Waals surface area (Å²) in [6.07, 6.45) is 2.91. The summed E-state index contributed by atoms with van der Waals surface area (Å²) in [6, 6.07) is 7.11. The number of benzene rings is 1. The molecule has 0 fully saturated rings. The van der Waals surface area contributed by atoms with Crippen molar-refractivity contribution in [3.63, 3.8) is 0 Å². The predicted molar refractivity (Wildman–Crippen MR) is 76.7 cm³/mol. The quantitative estimate of drug-likeness (QED) is 0.911. The highest BCUT2D eigenvalue weighted by Crippen LogP contribution is 2.08. The van der Waals surface area contributed by atoms with Crippen molar-refractivity contribution in [3.05, 3.63) is 63.8 Å². The first-order chi connectivity index (χ1) is 9.56. The summed E-state index contributed by atoms with van der Waals surface area (Å²) in [5, 5.41) is 2.80. The van der Waals surface area contributed by atoms with E-state index in [9.17, 15) is 9.59 Å². The van der Waals surface area contributed by atoms with Crippen molar-refractivity contribution >= 4 is 5.91 Å². The first kappa shape index (κ1) is 14.0. The molecule has 0 aliphatic heterocycles. The molecule has 0 aliphatic carbocycles. The summed E-state index contributed by atoms with van der Waals surface area (Å²) in [6.45, 7) is 4.71. The molecule has 5 heteroatoms. The number of nitrogens with zero attached hydrogens (tertiary/aromatic N) is 2. The first-order valence-corrected chi connectivity index (χ1v) is 6.43. The second kappa shape index (κ2) is 6.14. The Morgan fingerprint density at radius 1 is 1.25 bits per heavy atom. The topological polar surface area (TPSA) is 64.0 Å². The molecule has 1 aromatic carbocycles. The molecular weight excluding hydrogens is 254 g/mol. The summed E-state index contributed by atoms with van der Waals surface area (Å²) in [4.78, 5) is 27.3. The Balaban J connectivity index is 1.96. The predicted octanol–water partition coefficient (Wildman–Crippen LogP) is 1.29. The zero-order valence-electron chi connectivity index (χ0n) is 11.6. The number of aromatic nitrogens is 2. The van der Waals surface area contributed by atoms with Crippen LogP contribution in [0.2, 0.25) is 0 Å². The van der Waals surface area contributed by atoms with Crippen molar-refractivity contribution in [1.29, 1.82) is 0 Å². The smallest absolute Gasteiger partial charge is 0.253 e. The van der Waals surface area contributed by atoms with Gasteiger partial charge in [0.25, 0.3) is 11.5 Å². The molecule has 0 spiro atoms. The standard InChI is InChI=1S/C15H17N3O2/c1-11-7-12(2)9-13(8-11)15(20)17-5-6-18-10-16-4-3-14(18)19/h3-4,7-10H,5-6H2,1-2H3,(H,17,20). The Labute approximate surface area is 117 Å². The molecule has 104 valence electrons. The van der Waals surface area contributed by atoms with Gasteiger partial charge in [0.2, 0.25) is 0 Å². The number of aryl methyl sites for hydroxylation is 2. The van der Waals surface area contributed by atoms with Crippen LogP contribution < -0.4 is 10.9 Å². The molecular formula is C15H17N3O2. The van der Waals surface area contributed by atoms with Gasteiger partial charge in [0, 0.05) is 30.9 Å². The number of nitrogens with one attached hydrogen (secondary N) is 1. The van der Waals surface area contributed by atoms with Gasteiger partial charge in [-0.25, -0.2) is 4.98 Å². The van der Waals surface area contributed by atoms with E-state index < -0.39 is 0 Å². The van der Waals surface area contributed by atoms with Gasteiger partial charge in [-0.2, -0.15) is 0 Å². The van der Waals surface area contributed by atoms with E-state index in [1.165, 1.54) is 23.2 Å². The number of hydrogen-bond acceptors (Lipinski definition) is 3. The van der Waals surface area contributed by atoms with Crippen molar-refractivity contribution in [2.75, 3.05) is 6.54 Å². The van der Waals surface area contributed by atoms with Crippen molar-refractivity contribution in [1.82, 2.24) is 14.9 Å². The van der Waals surface area contributed by atoms with Crippen LogP contribution in [0.25, 0.3) is 0 Å². The van der Waals surface area contributed by atoms with Crippen molar-refractivity contribution in [2.45, 2.75) is 20.4 Å². The molecule has 0 atom stereocenters. The monoisotopic (exact) mass is 271 g/mol. The lowest BCUT2D eigenvalue weighted by Gasteiger charge is -2.08. The van der Waals surface area contributed by atoms with E-state index in [1.807, 2.05) is 32.0 Å². The SMILES string of the molecule is Cc1cc(C)cc(C(=O)NCCn2cnccc2=O)c1. The van der Waals surface area contributed by atoms with E-state index in [4.69, 9.17) is 0 Å². The van der Waals surface area contributed by atoms with E-state index in [1.54, 1.807) is 0 Å². The lowest BCUT2D eigenvalue weighted by molar-refractivity contribution is 0.0952. The molecule has 0 saturated carbocycles. The van der Waals surface area contributed by atoms with Crippen LogP contribution in [0.5, 0.6) is 0 Å². The van der Waals surface area contributed by atoms with Gasteiger partial charge < -0.3 is 5.32 Å². The average Bonchev–Trinajstić information content (AvgIpc) is 2.39. The lowest BCUT2D eigenvalue weighted by atomic mass is 10.1. The van der Waals surface area contributed by atoms with Crippen molar-refractivity contribution < 1.29 is 4.79 Å². The van der Waals surface area contributed by atoms with Gasteiger partial charge in [0.1, 0.15) is 0 Å². The molecule has 2 rings (SSSR count). The van der Waals surface area contributed by atoms with Crippen LogP contribution in [0.15, 0.2) is 41.6 Å². The zero-order valence-corrected chi connectivity index (χ0v) is 11.6. The van der Waals surface area contributed by atoms with Crippen molar-refractivity contribution in [3.8, 4) is 0 Å². The van der Waals surface area contributed by atoms with Crippen LogP contribution >= 0.6 is 0 Å². The molecule has 2 aromatic rings. The molecule has 1 heterocycles. The van der Waals surface area contributed by atoms with Crippen molar-refractivity contribution in [2.24, 2.45) is 0 Å². The zero-order chi connectivity index (χ0) is 14.5. The molecule has 1 N–H and O–H groups in total. The lowest BCUT2D eigenvalue weighted by Crippen LogP contribution is -2.30. The first-order valence-electron chi connectivity index (χ1n) is 6.43. The van der Waals surface area contributed by atoms with Gasteiger partial charge >= 0.3 is 0 Å². The number of carbonyl (C=O) groups is 1. The number of hydrogen-bond donors (Lipinski definition) is 1. The van der Waals surface area contributed by atoms with Gasteiger partial charge in [0.15, 0.2) is 0 Å². The third-order valence-electron chi connectivity index (χ3n) is 2.91. The fraction of sp³-hybridized carbons (Fsp3) is 0.267. The number of amides is 1. The molecule has 0 saturated heterocycles. The summed E-state index contributed by atoms with van der Waals surface area (Å²) < 4.78 is 1.46. The Morgan fingerprint density at radius 2 is 1.95 bits per heavy atom. The highest BCUT2D eigenvalue weighted by Gasteiger charge is 2.06. The minimum absolute atomic E-state index is 0.124. The van der Waals surface area contributed by atoms with Gasteiger partial charge in [-0.05, 0) is 26.0 Å². The Kier molecular flexibility index (Phi) is 4.30. The van der Waals surface area contributed by atoms with E-state index in [-0.39, 0.29) is 11.5 Å². The van der Waals surface area contributed by atoms with Gasteiger partial charge in [-0.3, -0.25) is 14.2 Å². The van der Waals surface area contributed by atoms with Crippen LogP contribution in [-0.4, -0.2) is 22.0 Å². The Hall–Kier alpha value is -2.43. The highest BCUT2D eigenvalue weighted by atomic mass is 16.1. The van der Waals surface area contributed by atoms with E-state index in [0.29, 0.717) is 18.7 Å². The maximum atomic E-state index is 12.0. The average molecular weight is 271 g/mol. The molecule has 1 amide bonds. The van der Waals surface area contributed by atoms with Gasteiger partial charge in [0.05, 0.1) is 6.33 Å². The largest absolute Gasteiger partial charge is 0.350 e. The molecule has 20 heavy (non-hydrogen) atoms. The van der Waals surface area contributed by atoms with Crippen LogP contribution in [0.4, 0.5) is 0 Å². The van der Waals surface area contributed by atoms with Gasteiger partial charge in [-0.15, -0.1) is 0 Å². The Bertz CT molecular complexity index is 657. The third kappa shape index (κ3) is 3.54. The fourth-order valence-corrected chi connectivity index (χ4v) is 2.04. The molecule has 0 radical (unpaired) electrons. The minimum atomic E-state index is -0.131. The summed E-state index contributed by atoms with van der Waals surface area (Å²) in [7, 11) is 0. The highest BCUT2D eigenvalue weighted by molar-refractivity contribution is 5.94. The normalized spacial score (nSPS) is 10.3. The van der Waals surface area contributed by atoms with Crippen LogP contribution in [0, 0.1) is 13.8 Å². The molecule has 0 bridgehead atoms. The second-order valence-corrected chi connectivity index (χ2v) is 4.74. The summed E-state index contributed by atoms with van der Waals surface area (Å²) >= 11 is 0. The van der Waals surface area contributed by atoms with E-state index >= 15 is 0 Å². The van der Waals surface area contributed by atoms with E-state index in [0.717, 1.165) is 11.1 Å². The maximum Gasteiger partial charge on any atom is 0.253 e. The number of rotatable bonds is 4. The van der Waals surface area contributed by atoms with Crippen LogP contribution in [0.3, 0.4) is 0 Å². The molecule has 0 aliphatic rings. The van der Waals surface area contributed by atoms with Crippen LogP contribution in [0.1, 0.15) is 21.5 Å². The number of carbonyl (C=O) groups excluding carboxylic acids is 1. The molecule has 0 unspecified atom stereocenters. The Morgan fingerprint density at radius 3 is 2.60 bits per heavy atom.